The zero-order valence-electron chi connectivity index (χ0n) is 12.2. The number of aromatic nitrogens is 4. The van der Waals surface area contributed by atoms with Crippen LogP contribution in [0.3, 0.4) is 0 Å². The minimum atomic E-state index is 0.774. The third-order valence-corrected chi connectivity index (χ3v) is 3.05. The molecule has 0 aliphatic heterocycles. The Morgan fingerprint density at radius 1 is 1.30 bits per heavy atom. The molecule has 2 rings (SSSR count). The summed E-state index contributed by atoms with van der Waals surface area (Å²) in [5.74, 6) is 0.944. The summed E-state index contributed by atoms with van der Waals surface area (Å²) in [5, 5.41) is 7.58. The summed E-state index contributed by atoms with van der Waals surface area (Å²) in [7, 11) is 1.73. The summed E-state index contributed by atoms with van der Waals surface area (Å²) in [6, 6.07) is 1.94. The minimum absolute atomic E-state index is 0.774. The van der Waals surface area contributed by atoms with Crippen LogP contribution in [0.15, 0.2) is 24.7 Å². The van der Waals surface area contributed by atoms with Gasteiger partial charge in [-0.1, -0.05) is 0 Å². The van der Waals surface area contributed by atoms with Gasteiger partial charge < -0.3 is 14.6 Å². The van der Waals surface area contributed by atoms with Crippen molar-refractivity contribution in [2.24, 2.45) is 0 Å². The first-order chi connectivity index (χ1) is 9.79. The molecule has 2 aromatic rings. The summed E-state index contributed by atoms with van der Waals surface area (Å²) in [4.78, 5) is 4.51. The maximum atomic E-state index is 5.09. The first-order valence-electron chi connectivity index (χ1n) is 7.03. The highest BCUT2D eigenvalue weighted by Crippen LogP contribution is 2.09. The van der Waals surface area contributed by atoms with E-state index in [1.165, 1.54) is 0 Å². The zero-order chi connectivity index (χ0) is 14.2. The molecule has 0 bridgehead atoms. The molecule has 20 heavy (non-hydrogen) atoms. The van der Waals surface area contributed by atoms with Crippen LogP contribution in [0.4, 0.5) is 5.95 Å². The third-order valence-electron chi connectivity index (χ3n) is 3.05. The van der Waals surface area contributed by atoms with Crippen molar-refractivity contribution >= 4 is 5.95 Å². The fourth-order valence-electron chi connectivity index (χ4n) is 2.11. The lowest BCUT2D eigenvalue weighted by molar-refractivity contribution is 0.190. The molecule has 0 aliphatic carbocycles. The average Bonchev–Trinajstić information content (AvgIpc) is 3.05. The molecule has 0 saturated carbocycles. The van der Waals surface area contributed by atoms with E-state index >= 15 is 0 Å². The molecule has 0 spiro atoms. The van der Waals surface area contributed by atoms with Gasteiger partial charge in [0.05, 0.1) is 5.69 Å². The Balaban J connectivity index is 1.76. The number of methoxy groups -OCH3 is 1. The molecular weight excluding hydrogens is 254 g/mol. The number of rotatable bonds is 9. The van der Waals surface area contributed by atoms with Crippen molar-refractivity contribution in [3.8, 4) is 0 Å². The monoisotopic (exact) mass is 277 g/mol. The summed E-state index contributed by atoms with van der Waals surface area (Å²) in [5.41, 5.74) is 1.04. The van der Waals surface area contributed by atoms with Gasteiger partial charge in [-0.25, -0.2) is 4.98 Å². The van der Waals surface area contributed by atoms with E-state index in [0.717, 1.165) is 50.7 Å². The van der Waals surface area contributed by atoms with Gasteiger partial charge in [0.2, 0.25) is 5.95 Å². The van der Waals surface area contributed by atoms with Gasteiger partial charge in [-0.15, -0.1) is 0 Å². The average molecular weight is 277 g/mol. The number of hydrogen-bond acceptors (Lipinski definition) is 4. The van der Waals surface area contributed by atoms with Gasteiger partial charge in [-0.2, -0.15) is 5.10 Å². The second-order valence-electron chi connectivity index (χ2n) is 4.80. The van der Waals surface area contributed by atoms with Crippen molar-refractivity contribution in [2.45, 2.75) is 32.9 Å². The minimum Gasteiger partial charge on any atom is -0.385 e. The smallest absolute Gasteiger partial charge is 0.203 e. The first-order valence-corrected chi connectivity index (χ1v) is 7.03. The lowest BCUT2D eigenvalue weighted by Crippen LogP contribution is -2.11. The predicted octanol–water partition coefficient (Wildman–Crippen LogP) is 1.93. The van der Waals surface area contributed by atoms with Gasteiger partial charge >= 0.3 is 0 Å². The fraction of sp³-hybridized carbons (Fsp3) is 0.571. The van der Waals surface area contributed by atoms with Crippen molar-refractivity contribution in [2.75, 3.05) is 25.6 Å². The normalized spacial score (nSPS) is 10.9. The summed E-state index contributed by atoms with van der Waals surface area (Å²) in [6.07, 6.45) is 7.88. The molecule has 2 heterocycles. The van der Waals surface area contributed by atoms with Gasteiger partial charge in [-0.3, -0.25) is 4.68 Å². The van der Waals surface area contributed by atoms with Crippen LogP contribution >= 0.6 is 0 Å². The Labute approximate surface area is 119 Å². The number of ether oxygens (including phenoxy) is 1. The highest BCUT2D eigenvalue weighted by Gasteiger charge is 2.04. The van der Waals surface area contributed by atoms with Crippen molar-refractivity contribution in [3.63, 3.8) is 0 Å². The predicted molar refractivity (Wildman–Crippen MR) is 78.8 cm³/mol. The molecule has 0 radical (unpaired) electrons. The van der Waals surface area contributed by atoms with Crippen molar-refractivity contribution in [3.05, 3.63) is 30.4 Å². The van der Waals surface area contributed by atoms with Crippen LogP contribution in [0.2, 0.25) is 0 Å². The Hall–Kier alpha value is -1.82. The maximum Gasteiger partial charge on any atom is 0.203 e. The fourth-order valence-corrected chi connectivity index (χ4v) is 2.11. The van der Waals surface area contributed by atoms with E-state index in [9.17, 15) is 0 Å². The quantitative estimate of drug-likeness (QED) is 0.712. The number of nitrogens with zero attached hydrogens (tertiary/aromatic N) is 4. The van der Waals surface area contributed by atoms with E-state index in [1.807, 2.05) is 23.9 Å². The molecule has 1 N–H and O–H groups in total. The van der Waals surface area contributed by atoms with E-state index in [2.05, 4.69) is 26.2 Å². The highest BCUT2D eigenvalue weighted by atomic mass is 16.5. The zero-order valence-corrected chi connectivity index (χ0v) is 12.2. The van der Waals surface area contributed by atoms with Crippen LogP contribution in [-0.2, 0) is 17.8 Å². The van der Waals surface area contributed by atoms with Gasteiger partial charge in [-0.05, 0) is 25.8 Å². The lowest BCUT2D eigenvalue weighted by Gasteiger charge is -2.09. The Morgan fingerprint density at radius 2 is 2.20 bits per heavy atom. The summed E-state index contributed by atoms with van der Waals surface area (Å²) < 4.78 is 9.18. The molecule has 0 fully saturated rings. The van der Waals surface area contributed by atoms with E-state index in [-0.39, 0.29) is 0 Å². The molecule has 0 atom stereocenters. The van der Waals surface area contributed by atoms with E-state index < -0.39 is 0 Å². The number of imidazole rings is 1. The van der Waals surface area contributed by atoms with Crippen LogP contribution in [-0.4, -0.2) is 39.6 Å². The molecule has 6 heteroatoms. The molecule has 0 aliphatic rings. The molecule has 2 aromatic heterocycles. The maximum absolute atomic E-state index is 5.09. The summed E-state index contributed by atoms with van der Waals surface area (Å²) in [6.45, 7) is 5.53. The van der Waals surface area contributed by atoms with Crippen LogP contribution < -0.4 is 5.32 Å². The van der Waals surface area contributed by atoms with E-state index in [0.29, 0.717) is 0 Å². The SMILES string of the molecule is COCCCn1cc(C)nc1NCCCn1cccn1. The molecule has 0 unspecified atom stereocenters. The van der Waals surface area contributed by atoms with E-state index in [1.54, 1.807) is 13.3 Å². The Bertz CT molecular complexity index is 492. The number of hydrogen-bond donors (Lipinski definition) is 1. The van der Waals surface area contributed by atoms with Crippen LogP contribution in [0, 0.1) is 6.92 Å². The summed E-state index contributed by atoms with van der Waals surface area (Å²) >= 11 is 0. The second kappa shape index (κ2) is 7.69. The number of anilines is 1. The first kappa shape index (κ1) is 14.6. The van der Waals surface area contributed by atoms with Crippen LogP contribution in [0.25, 0.3) is 0 Å². The van der Waals surface area contributed by atoms with Crippen molar-refractivity contribution in [1.29, 1.82) is 0 Å². The van der Waals surface area contributed by atoms with Crippen LogP contribution in [0.5, 0.6) is 0 Å². The van der Waals surface area contributed by atoms with Gasteiger partial charge in [0.25, 0.3) is 0 Å². The Morgan fingerprint density at radius 3 is 2.95 bits per heavy atom. The molecule has 0 aromatic carbocycles. The van der Waals surface area contributed by atoms with Gasteiger partial charge in [0.15, 0.2) is 0 Å². The van der Waals surface area contributed by atoms with Crippen molar-refractivity contribution in [1.82, 2.24) is 19.3 Å². The molecule has 0 amide bonds. The van der Waals surface area contributed by atoms with Gasteiger partial charge in [0.1, 0.15) is 0 Å². The lowest BCUT2D eigenvalue weighted by atomic mass is 10.4. The van der Waals surface area contributed by atoms with Gasteiger partial charge in [0, 0.05) is 51.9 Å². The van der Waals surface area contributed by atoms with E-state index in [4.69, 9.17) is 4.74 Å². The largest absolute Gasteiger partial charge is 0.385 e. The molecule has 0 saturated heterocycles. The Kier molecular flexibility index (Phi) is 5.61. The highest BCUT2D eigenvalue weighted by molar-refractivity contribution is 5.28. The van der Waals surface area contributed by atoms with Crippen LogP contribution in [0.1, 0.15) is 18.5 Å². The standard InChI is InChI=1S/C14H23N5O/c1-13-12-18(8-5-11-20-2)14(17-13)15-6-3-9-19-10-4-7-16-19/h4,7,10,12H,3,5-6,8-9,11H2,1-2H3,(H,15,17). The number of aryl methyl sites for hydroxylation is 3. The molecule has 6 nitrogen and oxygen atoms in total. The topological polar surface area (TPSA) is 56.9 Å². The molecular formula is C14H23N5O. The second-order valence-corrected chi connectivity index (χ2v) is 4.80. The van der Waals surface area contributed by atoms with Crippen molar-refractivity contribution < 1.29 is 4.74 Å². The molecule has 110 valence electrons. The number of nitrogens with one attached hydrogen (secondary N) is 1. The third kappa shape index (κ3) is 4.38.